The molecule has 0 saturated carbocycles. The lowest BCUT2D eigenvalue weighted by molar-refractivity contribution is 0.0918. The lowest BCUT2D eigenvalue weighted by Gasteiger charge is -1.91. The Morgan fingerprint density at radius 3 is 2.79 bits per heavy atom. The van der Waals surface area contributed by atoms with Crippen molar-refractivity contribution in [1.82, 2.24) is 3.96 Å². The molecule has 14 heavy (non-hydrogen) atoms. The number of hydrogen-bond acceptors (Lipinski definition) is 3. The van der Waals surface area contributed by atoms with Gasteiger partial charge in [-0.1, -0.05) is 19.1 Å². The molecule has 2 aromatic rings. The molecule has 3 nitrogen and oxygen atoms in total. The summed E-state index contributed by atoms with van der Waals surface area (Å²) < 4.78 is 2.09. The fourth-order valence-electron chi connectivity index (χ4n) is 1.28. The molecule has 0 amide bonds. The van der Waals surface area contributed by atoms with Crippen LogP contribution in [0.4, 0.5) is 0 Å². The topological polar surface area (TPSA) is 39.1 Å². The fourth-order valence-corrected chi connectivity index (χ4v) is 2.28. The minimum absolute atomic E-state index is 0.142. The van der Waals surface area contributed by atoms with E-state index < -0.39 is 0 Å². The smallest absolute Gasteiger partial charge is 0.273 e. The van der Waals surface area contributed by atoms with Crippen LogP contribution in [-0.4, -0.2) is 9.86 Å². The number of benzene rings is 1. The molecule has 0 radical (unpaired) electrons. The summed E-state index contributed by atoms with van der Waals surface area (Å²) in [5.74, 6) is -0.142. The quantitative estimate of drug-likeness (QED) is 0.718. The van der Waals surface area contributed by atoms with Gasteiger partial charge in [-0.3, -0.25) is 9.59 Å². The maximum absolute atomic E-state index is 11.7. The number of carbonyl (C=O) groups is 1. The van der Waals surface area contributed by atoms with Crippen LogP contribution in [0.2, 0.25) is 0 Å². The predicted octanol–water partition coefficient (Wildman–Crippen LogP) is 2.11. The second-order valence-corrected chi connectivity index (χ2v) is 3.92. The first-order valence-electron chi connectivity index (χ1n) is 4.38. The monoisotopic (exact) mass is 207 g/mol. The summed E-state index contributed by atoms with van der Waals surface area (Å²) in [6.45, 7) is 1.75. The van der Waals surface area contributed by atoms with E-state index in [0.717, 1.165) is 4.70 Å². The highest BCUT2D eigenvalue weighted by molar-refractivity contribution is 7.14. The largest absolute Gasteiger partial charge is 0.275 e. The molecule has 0 bridgehead atoms. The molecule has 4 heteroatoms. The zero-order chi connectivity index (χ0) is 10.1. The molecule has 1 aromatic carbocycles. The van der Waals surface area contributed by atoms with Crippen molar-refractivity contribution in [3.8, 4) is 0 Å². The third kappa shape index (κ3) is 1.28. The van der Waals surface area contributed by atoms with Gasteiger partial charge in [0.15, 0.2) is 0 Å². The normalized spacial score (nSPS) is 10.6. The summed E-state index contributed by atoms with van der Waals surface area (Å²) in [5.41, 5.74) is -0.197. The van der Waals surface area contributed by atoms with Crippen LogP contribution in [0.1, 0.15) is 18.1 Å². The van der Waals surface area contributed by atoms with Gasteiger partial charge >= 0.3 is 0 Å². The third-order valence-corrected chi connectivity index (χ3v) is 3.13. The maximum atomic E-state index is 11.7. The van der Waals surface area contributed by atoms with E-state index in [1.54, 1.807) is 19.1 Å². The van der Waals surface area contributed by atoms with E-state index in [1.165, 1.54) is 15.5 Å². The van der Waals surface area contributed by atoms with Gasteiger partial charge in [0.1, 0.15) is 0 Å². The highest BCUT2D eigenvalue weighted by atomic mass is 32.1. The lowest BCUT2D eigenvalue weighted by atomic mass is 10.3. The van der Waals surface area contributed by atoms with Gasteiger partial charge in [-0.15, -0.1) is 0 Å². The average Bonchev–Trinajstić information content (AvgIpc) is 2.56. The summed E-state index contributed by atoms with van der Waals surface area (Å²) >= 11 is 1.21. The van der Waals surface area contributed by atoms with E-state index >= 15 is 0 Å². The van der Waals surface area contributed by atoms with Crippen LogP contribution < -0.4 is 5.56 Å². The number of carbonyl (C=O) groups excluding carboxylic acids is 1. The fraction of sp³-hybridized carbons (Fsp3) is 0.200. The molecule has 1 aromatic heterocycles. The second-order valence-electron chi connectivity index (χ2n) is 2.93. The Hall–Kier alpha value is -1.42. The molecule has 0 spiro atoms. The SMILES string of the molecule is CCC(=O)n1sc2ccccc2c1=O. The molecular formula is C10H9NO2S. The number of aromatic nitrogens is 1. The van der Waals surface area contributed by atoms with E-state index in [2.05, 4.69) is 0 Å². The van der Waals surface area contributed by atoms with Crippen molar-refractivity contribution in [2.75, 3.05) is 0 Å². The summed E-state index contributed by atoms with van der Waals surface area (Å²) in [5, 5.41) is 0.624. The van der Waals surface area contributed by atoms with E-state index in [4.69, 9.17) is 0 Å². The van der Waals surface area contributed by atoms with Crippen molar-refractivity contribution in [1.29, 1.82) is 0 Å². The standard InChI is InChI=1S/C10H9NO2S/c1-2-9(12)11-10(13)7-5-3-4-6-8(7)14-11/h3-6H,2H2,1H3. The van der Waals surface area contributed by atoms with Gasteiger partial charge in [-0.05, 0) is 23.7 Å². The Balaban J connectivity index is 2.75. The molecule has 0 aliphatic rings. The van der Waals surface area contributed by atoms with Gasteiger partial charge in [0, 0.05) is 6.42 Å². The zero-order valence-electron chi connectivity index (χ0n) is 7.69. The van der Waals surface area contributed by atoms with Crippen molar-refractivity contribution in [3.63, 3.8) is 0 Å². The molecule has 0 unspecified atom stereocenters. The summed E-state index contributed by atoms with van der Waals surface area (Å²) in [6.07, 6.45) is 0.354. The van der Waals surface area contributed by atoms with Crippen LogP contribution >= 0.6 is 11.5 Å². The van der Waals surface area contributed by atoms with Crippen molar-refractivity contribution < 1.29 is 4.79 Å². The molecular weight excluding hydrogens is 198 g/mol. The summed E-state index contributed by atoms with van der Waals surface area (Å²) in [6, 6.07) is 7.25. The van der Waals surface area contributed by atoms with Gasteiger partial charge in [0.05, 0.1) is 10.1 Å². The average molecular weight is 207 g/mol. The molecule has 0 aliphatic carbocycles. The zero-order valence-corrected chi connectivity index (χ0v) is 8.50. The number of hydrogen-bond donors (Lipinski definition) is 0. The van der Waals surface area contributed by atoms with Gasteiger partial charge in [-0.25, -0.2) is 0 Å². The van der Waals surface area contributed by atoms with E-state index in [9.17, 15) is 9.59 Å². The molecule has 72 valence electrons. The van der Waals surface area contributed by atoms with Gasteiger partial charge in [-0.2, -0.15) is 3.96 Å². The molecule has 1 heterocycles. The Labute approximate surface area is 84.7 Å². The lowest BCUT2D eigenvalue weighted by Crippen LogP contribution is -2.19. The van der Waals surface area contributed by atoms with Crippen molar-refractivity contribution in [2.45, 2.75) is 13.3 Å². The predicted molar refractivity (Wildman–Crippen MR) is 57.0 cm³/mol. The molecule has 0 N–H and O–H groups in total. The van der Waals surface area contributed by atoms with Gasteiger partial charge in [0.2, 0.25) is 5.91 Å². The molecule has 0 saturated heterocycles. The van der Waals surface area contributed by atoms with Crippen LogP contribution in [0.25, 0.3) is 10.1 Å². The van der Waals surface area contributed by atoms with Crippen LogP contribution in [0.3, 0.4) is 0 Å². The molecule has 0 aliphatic heterocycles. The van der Waals surface area contributed by atoms with Crippen molar-refractivity contribution in [2.24, 2.45) is 0 Å². The third-order valence-electron chi connectivity index (χ3n) is 2.02. The van der Waals surface area contributed by atoms with Gasteiger partial charge in [0.25, 0.3) is 5.56 Å². The molecule has 2 rings (SSSR count). The minimum Gasteiger partial charge on any atom is -0.273 e. The summed E-state index contributed by atoms with van der Waals surface area (Å²) in [7, 11) is 0. The van der Waals surface area contributed by atoms with Crippen LogP contribution in [-0.2, 0) is 0 Å². The van der Waals surface area contributed by atoms with Gasteiger partial charge < -0.3 is 0 Å². The highest BCUT2D eigenvalue weighted by Gasteiger charge is 2.10. The Morgan fingerprint density at radius 1 is 1.43 bits per heavy atom. The van der Waals surface area contributed by atoms with Crippen molar-refractivity contribution >= 4 is 27.5 Å². The number of rotatable bonds is 1. The number of nitrogens with zero attached hydrogens (tertiary/aromatic N) is 1. The van der Waals surface area contributed by atoms with Crippen LogP contribution in [0.15, 0.2) is 29.1 Å². The minimum atomic E-state index is -0.197. The highest BCUT2D eigenvalue weighted by Crippen LogP contribution is 2.15. The van der Waals surface area contributed by atoms with Crippen LogP contribution in [0.5, 0.6) is 0 Å². The van der Waals surface area contributed by atoms with E-state index in [-0.39, 0.29) is 11.5 Å². The van der Waals surface area contributed by atoms with Crippen LogP contribution in [0, 0.1) is 0 Å². The van der Waals surface area contributed by atoms with Crippen molar-refractivity contribution in [3.05, 3.63) is 34.6 Å². The summed E-state index contributed by atoms with van der Waals surface area (Å²) in [4.78, 5) is 23.1. The Bertz CT molecular complexity index is 538. The van der Waals surface area contributed by atoms with E-state index in [0.29, 0.717) is 11.8 Å². The second kappa shape index (κ2) is 3.38. The Morgan fingerprint density at radius 2 is 2.14 bits per heavy atom. The maximum Gasteiger partial charge on any atom is 0.275 e. The Kier molecular flexibility index (Phi) is 2.21. The first-order chi connectivity index (χ1) is 6.74. The first kappa shape index (κ1) is 9.15. The first-order valence-corrected chi connectivity index (χ1v) is 5.15. The number of fused-ring (bicyclic) bond motifs is 1. The van der Waals surface area contributed by atoms with E-state index in [1.807, 2.05) is 12.1 Å². The molecule has 0 atom stereocenters. The molecule has 0 fully saturated rings.